The summed E-state index contributed by atoms with van der Waals surface area (Å²) >= 11 is 0. The van der Waals surface area contributed by atoms with E-state index in [9.17, 15) is 9.59 Å². The Morgan fingerprint density at radius 2 is 1.94 bits per heavy atom. The van der Waals surface area contributed by atoms with E-state index in [-0.39, 0.29) is 6.54 Å². The van der Waals surface area contributed by atoms with E-state index < -0.39 is 12.1 Å². The van der Waals surface area contributed by atoms with E-state index in [0.717, 1.165) is 22.6 Å². The Morgan fingerprint density at radius 1 is 1.33 bits per heavy atom. The van der Waals surface area contributed by atoms with Gasteiger partial charge in [-0.05, 0) is 12.3 Å². The number of amides is 3. The molecule has 1 saturated carbocycles. The monoisotopic (exact) mass is 253 g/mol. The molecule has 0 aromatic heterocycles. The van der Waals surface area contributed by atoms with Gasteiger partial charge in [-0.1, -0.05) is 32.1 Å². The number of hydrogen-bond acceptors (Lipinski definition) is 3. The highest BCUT2D eigenvalue weighted by Gasteiger charge is 2.25. The van der Waals surface area contributed by atoms with Gasteiger partial charge in [-0.2, -0.15) is 5.26 Å². The van der Waals surface area contributed by atoms with Crippen LogP contribution in [0.2, 0.25) is 0 Å². The van der Waals surface area contributed by atoms with Crippen molar-refractivity contribution in [2.24, 2.45) is 5.92 Å². The van der Waals surface area contributed by atoms with Crippen LogP contribution in [0.25, 0.3) is 0 Å². The quantitative estimate of drug-likeness (QED) is 0.618. The van der Waals surface area contributed by atoms with Gasteiger partial charge in [-0.3, -0.25) is 0 Å². The van der Waals surface area contributed by atoms with Crippen LogP contribution in [-0.4, -0.2) is 40.6 Å². The number of nitrogens with zero attached hydrogens (tertiary/aromatic N) is 3. The highest BCUT2D eigenvalue weighted by Crippen LogP contribution is 2.26. The maximum atomic E-state index is 11.6. The van der Waals surface area contributed by atoms with Crippen molar-refractivity contribution in [1.29, 1.82) is 5.26 Å². The van der Waals surface area contributed by atoms with Gasteiger partial charge in [-0.25, -0.2) is 19.4 Å². The van der Waals surface area contributed by atoms with Crippen molar-refractivity contribution in [2.75, 3.05) is 13.6 Å². The maximum Gasteiger partial charge on any atom is 0.415 e. The lowest BCUT2D eigenvalue weighted by molar-refractivity contribution is 0.135. The molecule has 0 unspecified atom stereocenters. The predicted molar refractivity (Wildman–Crippen MR) is 64.7 cm³/mol. The van der Waals surface area contributed by atoms with Crippen molar-refractivity contribution in [3.05, 3.63) is 0 Å². The Bertz CT molecular complexity index is 345. The van der Waals surface area contributed by atoms with Crippen molar-refractivity contribution >= 4 is 12.1 Å². The van der Waals surface area contributed by atoms with Crippen molar-refractivity contribution in [2.45, 2.75) is 38.5 Å². The van der Waals surface area contributed by atoms with Crippen LogP contribution in [0.1, 0.15) is 38.5 Å². The van der Waals surface area contributed by atoms with Crippen LogP contribution in [0.4, 0.5) is 9.59 Å². The molecule has 0 saturated heterocycles. The first-order chi connectivity index (χ1) is 8.56. The molecule has 1 rings (SSSR count). The minimum atomic E-state index is -1.29. The van der Waals surface area contributed by atoms with Gasteiger partial charge in [0.2, 0.25) is 0 Å². The van der Waals surface area contributed by atoms with E-state index in [2.05, 4.69) is 0 Å². The van der Waals surface area contributed by atoms with Crippen LogP contribution < -0.4 is 0 Å². The second-order valence-electron chi connectivity index (χ2n) is 4.67. The molecule has 18 heavy (non-hydrogen) atoms. The summed E-state index contributed by atoms with van der Waals surface area (Å²) in [6.07, 6.45) is 6.84. The summed E-state index contributed by atoms with van der Waals surface area (Å²) in [4.78, 5) is 24.1. The first-order valence-corrected chi connectivity index (χ1v) is 6.24. The Morgan fingerprint density at radius 3 is 2.44 bits per heavy atom. The predicted octanol–water partition coefficient (Wildman–Crippen LogP) is 2.47. The van der Waals surface area contributed by atoms with Crippen molar-refractivity contribution in [1.82, 2.24) is 9.80 Å². The normalized spacial score (nSPS) is 15.8. The van der Waals surface area contributed by atoms with Crippen LogP contribution in [0, 0.1) is 17.4 Å². The first-order valence-electron chi connectivity index (χ1n) is 6.24. The third kappa shape index (κ3) is 3.91. The number of nitriles is 1. The Hall–Kier alpha value is -1.77. The average molecular weight is 253 g/mol. The summed E-state index contributed by atoms with van der Waals surface area (Å²) in [5.41, 5.74) is 0. The molecule has 1 aliphatic rings. The largest absolute Gasteiger partial charge is 0.465 e. The van der Waals surface area contributed by atoms with E-state index in [0.29, 0.717) is 12.3 Å². The number of rotatable bonds is 3. The van der Waals surface area contributed by atoms with E-state index >= 15 is 0 Å². The zero-order chi connectivity index (χ0) is 13.5. The molecule has 0 aromatic carbocycles. The number of carbonyl (C=O) groups excluding carboxylic acids is 1. The molecule has 0 atom stereocenters. The standard InChI is InChI=1S/C12H19N3O3/c1-14(9-13)11(16)15(12(17)18)8-7-10-5-3-2-4-6-10/h10H,2-8H2,1H3,(H,17,18). The molecular formula is C12H19N3O3. The Balaban J connectivity index is 2.50. The topological polar surface area (TPSA) is 84.6 Å². The molecule has 3 amide bonds. The smallest absolute Gasteiger partial charge is 0.415 e. The van der Waals surface area contributed by atoms with Gasteiger partial charge in [-0.15, -0.1) is 0 Å². The summed E-state index contributed by atoms with van der Waals surface area (Å²) in [6, 6.07) is -0.777. The lowest BCUT2D eigenvalue weighted by atomic mass is 9.87. The molecular weight excluding hydrogens is 234 g/mol. The molecule has 1 aliphatic carbocycles. The molecule has 0 aromatic rings. The number of hydrogen-bond donors (Lipinski definition) is 1. The molecule has 100 valence electrons. The zero-order valence-corrected chi connectivity index (χ0v) is 10.6. The summed E-state index contributed by atoms with van der Waals surface area (Å²) < 4.78 is 0. The van der Waals surface area contributed by atoms with Gasteiger partial charge in [0.15, 0.2) is 6.19 Å². The van der Waals surface area contributed by atoms with Gasteiger partial charge in [0.25, 0.3) is 0 Å². The van der Waals surface area contributed by atoms with E-state index in [4.69, 9.17) is 10.4 Å². The van der Waals surface area contributed by atoms with Gasteiger partial charge >= 0.3 is 12.1 Å². The molecule has 0 heterocycles. The van der Waals surface area contributed by atoms with Gasteiger partial charge in [0.05, 0.1) is 0 Å². The molecule has 6 heteroatoms. The fraction of sp³-hybridized carbons (Fsp3) is 0.750. The van der Waals surface area contributed by atoms with Crippen molar-refractivity contribution in [3.8, 4) is 6.19 Å². The number of urea groups is 1. The molecule has 0 bridgehead atoms. The van der Waals surface area contributed by atoms with Crippen LogP contribution >= 0.6 is 0 Å². The highest BCUT2D eigenvalue weighted by molar-refractivity contribution is 5.90. The third-order valence-electron chi connectivity index (χ3n) is 3.38. The van der Waals surface area contributed by atoms with Crippen LogP contribution in [0.3, 0.4) is 0 Å². The molecule has 0 radical (unpaired) electrons. The molecule has 6 nitrogen and oxygen atoms in total. The molecule has 0 aliphatic heterocycles. The third-order valence-corrected chi connectivity index (χ3v) is 3.38. The fourth-order valence-corrected chi connectivity index (χ4v) is 2.28. The highest BCUT2D eigenvalue weighted by atomic mass is 16.4. The second-order valence-corrected chi connectivity index (χ2v) is 4.67. The summed E-state index contributed by atoms with van der Waals surface area (Å²) in [6.45, 7) is 0.171. The van der Waals surface area contributed by atoms with Crippen LogP contribution in [0.5, 0.6) is 0 Å². The second kappa shape index (κ2) is 6.84. The zero-order valence-electron chi connectivity index (χ0n) is 10.6. The molecule has 0 spiro atoms. The van der Waals surface area contributed by atoms with Crippen LogP contribution in [-0.2, 0) is 0 Å². The van der Waals surface area contributed by atoms with Gasteiger partial charge in [0, 0.05) is 13.6 Å². The van der Waals surface area contributed by atoms with E-state index in [1.165, 1.54) is 26.3 Å². The van der Waals surface area contributed by atoms with E-state index in [1.54, 1.807) is 6.19 Å². The summed E-state index contributed by atoms with van der Waals surface area (Å²) in [7, 11) is 1.26. The fourth-order valence-electron chi connectivity index (χ4n) is 2.28. The summed E-state index contributed by atoms with van der Waals surface area (Å²) in [5, 5.41) is 17.6. The minimum absolute atomic E-state index is 0.171. The maximum absolute atomic E-state index is 11.6. The van der Waals surface area contributed by atoms with E-state index in [1.807, 2.05) is 0 Å². The number of carboxylic acid groups (broad SMARTS) is 1. The summed E-state index contributed by atoms with van der Waals surface area (Å²) in [5.74, 6) is 0.501. The Kier molecular flexibility index (Phi) is 5.43. The van der Waals surface area contributed by atoms with Gasteiger partial charge in [0.1, 0.15) is 0 Å². The van der Waals surface area contributed by atoms with Crippen LogP contribution in [0.15, 0.2) is 0 Å². The Labute approximate surface area is 107 Å². The lowest BCUT2D eigenvalue weighted by Gasteiger charge is -2.25. The number of carbonyl (C=O) groups is 2. The molecule has 1 fully saturated rings. The first kappa shape index (κ1) is 14.3. The minimum Gasteiger partial charge on any atom is -0.465 e. The molecule has 1 N–H and O–H groups in total. The van der Waals surface area contributed by atoms with Crippen molar-refractivity contribution < 1.29 is 14.7 Å². The number of imide groups is 1. The SMILES string of the molecule is CN(C#N)C(=O)N(CCC1CCCCC1)C(=O)O. The van der Waals surface area contributed by atoms with Crippen molar-refractivity contribution in [3.63, 3.8) is 0 Å². The van der Waals surface area contributed by atoms with Gasteiger partial charge < -0.3 is 5.11 Å². The lowest BCUT2D eigenvalue weighted by Crippen LogP contribution is -2.43. The average Bonchev–Trinajstić information content (AvgIpc) is 2.38.